The third kappa shape index (κ3) is 2.68. The second kappa shape index (κ2) is 5.16. The smallest absolute Gasteiger partial charge is 0.226 e. The van der Waals surface area contributed by atoms with Crippen molar-refractivity contribution in [2.45, 2.75) is 19.4 Å². The van der Waals surface area contributed by atoms with E-state index in [1.165, 1.54) is 0 Å². The zero-order chi connectivity index (χ0) is 12.4. The lowest BCUT2D eigenvalue weighted by Gasteiger charge is -2.08. The van der Waals surface area contributed by atoms with Crippen molar-refractivity contribution in [2.24, 2.45) is 5.73 Å². The molecule has 1 heterocycles. The minimum absolute atomic E-state index is 0.426. The maximum Gasteiger partial charge on any atom is 0.226 e. The summed E-state index contributed by atoms with van der Waals surface area (Å²) in [5, 5.41) is 4.46. The lowest BCUT2D eigenvalue weighted by molar-refractivity contribution is 0.375. The number of hydrogen-bond acceptors (Lipinski definition) is 4. The molecule has 90 valence electrons. The number of rotatable bonds is 3. The van der Waals surface area contributed by atoms with Gasteiger partial charge in [-0.3, -0.25) is 0 Å². The molecule has 2 aromatic rings. The van der Waals surface area contributed by atoms with Crippen LogP contribution in [0.4, 0.5) is 0 Å². The molecule has 1 aromatic carbocycles. The summed E-state index contributed by atoms with van der Waals surface area (Å²) in [6.07, 6.45) is 0.695. The first-order valence-electron chi connectivity index (χ1n) is 5.14. The molecule has 0 bridgehead atoms. The first-order valence-corrected chi connectivity index (χ1v) is 6.32. The van der Waals surface area contributed by atoms with E-state index >= 15 is 0 Å². The van der Waals surface area contributed by atoms with Crippen molar-refractivity contribution < 1.29 is 4.52 Å². The Bertz CT molecular complexity index is 529. The average Bonchev–Trinajstić information content (AvgIpc) is 2.80. The number of nitrogens with two attached hydrogens (primary N) is 1. The van der Waals surface area contributed by atoms with Crippen molar-refractivity contribution in [1.29, 1.82) is 0 Å². The lowest BCUT2D eigenvalue weighted by Crippen LogP contribution is -2.13. The number of nitrogens with zero attached hydrogens (tertiary/aromatic N) is 2. The van der Waals surface area contributed by atoms with Crippen LogP contribution in [-0.4, -0.2) is 10.1 Å². The van der Waals surface area contributed by atoms with E-state index in [2.05, 4.69) is 26.1 Å². The maximum absolute atomic E-state index is 6.04. The summed E-state index contributed by atoms with van der Waals surface area (Å²) in [5.74, 6) is 1.05. The zero-order valence-corrected chi connectivity index (χ0v) is 11.5. The molecule has 0 amide bonds. The van der Waals surface area contributed by atoms with Crippen LogP contribution in [-0.2, 0) is 6.42 Å². The monoisotopic (exact) mass is 315 g/mol. The summed E-state index contributed by atoms with van der Waals surface area (Å²) in [6.45, 7) is 1.94. The van der Waals surface area contributed by atoms with Crippen LogP contribution >= 0.6 is 27.5 Å². The highest BCUT2D eigenvalue weighted by molar-refractivity contribution is 9.10. The fourth-order valence-electron chi connectivity index (χ4n) is 1.39. The number of hydrogen-bond donors (Lipinski definition) is 1. The molecule has 0 spiro atoms. The summed E-state index contributed by atoms with van der Waals surface area (Å²) in [4.78, 5) is 4.20. The Morgan fingerprint density at radius 3 is 2.88 bits per heavy atom. The van der Waals surface area contributed by atoms with Crippen LogP contribution in [0.2, 0.25) is 5.02 Å². The highest BCUT2D eigenvalue weighted by atomic mass is 79.9. The van der Waals surface area contributed by atoms with E-state index in [1.807, 2.05) is 19.1 Å². The topological polar surface area (TPSA) is 64.9 Å². The Morgan fingerprint density at radius 1 is 1.53 bits per heavy atom. The number of aromatic nitrogens is 2. The standard InChI is InChI=1S/C11H11BrClN3O/c1-2-9-15-11(16-17-9)10(14)6-3-4-7(12)8(13)5-6/h3-5,10H,2,14H2,1H3. The minimum atomic E-state index is -0.426. The van der Waals surface area contributed by atoms with Gasteiger partial charge in [-0.2, -0.15) is 4.98 Å². The van der Waals surface area contributed by atoms with Crippen molar-refractivity contribution in [3.05, 3.63) is 45.0 Å². The molecule has 2 N–H and O–H groups in total. The van der Waals surface area contributed by atoms with Crippen LogP contribution in [0.3, 0.4) is 0 Å². The molecule has 0 aliphatic rings. The zero-order valence-electron chi connectivity index (χ0n) is 9.15. The molecule has 0 fully saturated rings. The molecule has 1 atom stereocenters. The van der Waals surface area contributed by atoms with Crippen LogP contribution < -0.4 is 5.73 Å². The molecular formula is C11H11BrClN3O. The molecule has 2 rings (SSSR count). The van der Waals surface area contributed by atoms with Gasteiger partial charge in [-0.1, -0.05) is 29.7 Å². The van der Waals surface area contributed by atoms with Gasteiger partial charge in [0.1, 0.15) is 0 Å². The first kappa shape index (κ1) is 12.5. The van der Waals surface area contributed by atoms with Gasteiger partial charge in [-0.05, 0) is 33.6 Å². The Balaban J connectivity index is 2.29. The average molecular weight is 317 g/mol. The predicted octanol–water partition coefficient (Wildman–Crippen LogP) is 3.10. The molecule has 1 unspecified atom stereocenters. The molecule has 4 nitrogen and oxygen atoms in total. The van der Waals surface area contributed by atoms with Crippen molar-refractivity contribution in [2.75, 3.05) is 0 Å². The van der Waals surface area contributed by atoms with Gasteiger partial charge in [-0.15, -0.1) is 0 Å². The van der Waals surface area contributed by atoms with E-state index in [-0.39, 0.29) is 0 Å². The van der Waals surface area contributed by atoms with Gasteiger partial charge in [-0.25, -0.2) is 0 Å². The number of halogens is 2. The molecule has 0 aliphatic carbocycles. The van der Waals surface area contributed by atoms with Crippen molar-refractivity contribution in [3.63, 3.8) is 0 Å². The predicted molar refractivity (Wildman–Crippen MR) is 68.9 cm³/mol. The van der Waals surface area contributed by atoms with Crippen LogP contribution in [0.5, 0.6) is 0 Å². The Labute approximate surface area is 112 Å². The Morgan fingerprint density at radius 2 is 2.29 bits per heavy atom. The highest BCUT2D eigenvalue weighted by Gasteiger charge is 2.16. The first-order chi connectivity index (χ1) is 8.11. The molecule has 1 aromatic heterocycles. The Hall–Kier alpha value is -0.910. The van der Waals surface area contributed by atoms with Gasteiger partial charge in [0.2, 0.25) is 5.89 Å². The summed E-state index contributed by atoms with van der Waals surface area (Å²) < 4.78 is 5.86. The fraction of sp³-hybridized carbons (Fsp3) is 0.273. The van der Waals surface area contributed by atoms with Crippen LogP contribution in [0, 0.1) is 0 Å². The largest absolute Gasteiger partial charge is 0.339 e. The molecule has 0 saturated carbocycles. The molecule has 0 aliphatic heterocycles. The molecule has 6 heteroatoms. The molecule has 0 radical (unpaired) electrons. The fourth-order valence-corrected chi connectivity index (χ4v) is 1.83. The SMILES string of the molecule is CCc1nc(C(N)c2ccc(Br)c(Cl)c2)no1. The van der Waals surface area contributed by atoms with Gasteiger partial charge in [0.25, 0.3) is 0 Å². The van der Waals surface area contributed by atoms with Gasteiger partial charge >= 0.3 is 0 Å². The maximum atomic E-state index is 6.04. The third-order valence-corrected chi connectivity index (χ3v) is 3.60. The van der Waals surface area contributed by atoms with Crippen LogP contribution in [0.25, 0.3) is 0 Å². The van der Waals surface area contributed by atoms with E-state index in [0.717, 1.165) is 10.0 Å². The third-order valence-electron chi connectivity index (χ3n) is 2.37. The number of aryl methyl sites for hydroxylation is 1. The van der Waals surface area contributed by atoms with E-state index in [1.54, 1.807) is 6.07 Å². The van der Waals surface area contributed by atoms with E-state index < -0.39 is 6.04 Å². The van der Waals surface area contributed by atoms with Crippen molar-refractivity contribution in [1.82, 2.24) is 10.1 Å². The molecule has 0 saturated heterocycles. The molecular weight excluding hydrogens is 305 g/mol. The summed E-state index contributed by atoms with van der Waals surface area (Å²) in [6, 6.07) is 5.09. The normalized spacial score (nSPS) is 12.7. The van der Waals surface area contributed by atoms with Crippen molar-refractivity contribution in [3.8, 4) is 0 Å². The van der Waals surface area contributed by atoms with Gasteiger partial charge in [0, 0.05) is 10.9 Å². The van der Waals surface area contributed by atoms with E-state index in [0.29, 0.717) is 23.2 Å². The van der Waals surface area contributed by atoms with Crippen LogP contribution in [0.15, 0.2) is 27.2 Å². The summed E-state index contributed by atoms with van der Waals surface area (Å²) in [7, 11) is 0. The van der Waals surface area contributed by atoms with Crippen LogP contribution in [0.1, 0.15) is 30.2 Å². The van der Waals surface area contributed by atoms with Gasteiger partial charge in [0.15, 0.2) is 5.82 Å². The second-order valence-corrected chi connectivity index (χ2v) is 4.81. The second-order valence-electron chi connectivity index (χ2n) is 3.55. The number of benzene rings is 1. The summed E-state index contributed by atoms with van der Waals surface area (Å²) in [5.41, 5.74) is 6.89. The Kier molecular flexibility index (Phi) is 3.81. The van der Waals surface area contributed by atoms with Gasteiger partial charge in [0.05, 0.1) is 11.1 Å². The lowest BCUT2D eigenvalue weighted by atomic mass is 10.1. The summed E-state index contributed by atoms with van der Waals surface area (Å²) >= 11 is 9.34. The minimum Gasteiger partial charge on any atom is -0.339 e. The molecule has 17 heavy (non-hydrogen) atoms. The quantitative estimate of drug-likeness (QED) is 0.945. The van der Waals surface area contributed by atoms with E-state index in [4.69, 9.17) is 21.9 Å². The van der Waals surface area contributed by atoms with E-state index in [9.17, 15) is 0 Å². The highest BCUT2D eigenvalue weighted by Crippen LogP contribution is 2.27. The van der Waals surface area contributed by atoms with Gasteiger partial charge < -0.3 is 10.3 Å². The van der Waals surface area contributed by atoms with Crippen molar-refractivity contribution >= 4 is 27.5 Å².